The lowest BCUT2D eigenvalue weighted by Gasteiger charge is -2.35. The lowest BCUT2D eigenvalue weighted by Crippen LogP contribution is -2.48. The average Bonchev–Trinajstić information content (AvgIpc) is 2.60. The second-order valence-electron chi connectivity index (χ2n) is 5.87. The lowest BCUT2D eigenvalue weighted by atomic mass is 9.80. The lowest BCUT2D eigenvalue weighted by molar-refractivity contribution is -0.150. The summed E-state index contributed by atoms with van der Waals surface area (Å²) >= 11 is 0. The predicted octanol–water partition coefficient (Wildman–Crippen LogP) is 1.75. The van der Waals surface area contributed by atoms with E-state index in [1.54, 1.807) is 18.2 Å². The number of rotatable bonds is 8. The normalized spacial score (nSPS) is 14.8. The number of carbonyl (C=O) groups excluding carboxylic acids is 3. The van der Waals surface area contributed by atoms with Gasteiger partial charge in [0.2, 0.25) is 0 Å². The summed E-state index contributed by atoms with van der Waals surface area (Å²) in [6.07, 6.45) is 0. The summed E-state index contributed by atoms with van der Waals surface area (Å²) in [5.41, 5.74) is -0.975. The number of hydrogen-bond donors (Lipinski definition) is 0. The molecule has 0 radical (unpaired) electrons. The molecular formula is C18H22O8. The molecule has 0 N–H and O–H groups in total. The monoisotopic (exact) mass is 366 g/mol. The van der Waals surface area contributed by atoms with Crippen molar-refractivity contribution >= 4 is 17.7 Å². The number of carbonyl (C=O) groups is 3. The van der Waals surface area contributed by atoms with Gasteiger partial charge in [-0.15, -0.1) is 0 Å². The molecule has 1 aromatic carbocycles. The number of ether oxygens (including phenoxy) is 5. The molecule has 0 unspecified atom stereocenters. The summed E-state index contributed by atoms with van der Waals surface area (Å²) in [7, 11) is 0. The SMILES string of the molecule is CCOCOc1ccc2c(c1)OCC(COC(C)=O)(COC(C)=O)C2=O. The largest absolute Gasteiger partial charge is 0.491 e. The van der Waals surface area contributed by atoms with E-state index in [4.69, 9.17) is 23.7 Å². The average molecular weight is 366 g/mol. The summed E-state index contributed by atoms with van der Waals surface area (Å²) in [6.45, 7) is 4.37. The quantitative estimate of drug-likeness (QED) is 0.390. The van der Waals surface area contributed by atoms with Crippen LogP contribution in [0.25, 0.3) is 0 Å². The molecule has 0 saturated heterocycles. The standard InChI is InChI=1S/C18H22O8/c1-4-22-11-26-14-5-6-15-16(7-14)25-10-18(17(15)21,8-23-12(2)19)9-24-13(3)20/h5-7H,4,8-11H2,1-3H3. The number of benzene rings is 1. The van der Waals surface area contributed by atoms with Gasteiger partial charge in [0.05, 0.1) is 5.56 Å². The molecule has 0 aromatic heterocycles. The Bertz CT molecular complexity index is 664. The van der Waals surface area contributed by atoms with Crippen LogP contribution in [0.15, 0.2) is 18.2 Å². The first kappa shape index (κ1) is 19.7. The summed E-state index contributed by atoms with van der Waals surface area (Å²) in [5, 5.41) is 0. The van der Waals surface area contributed by atoms with E-state index < -0.39 is 17.4 Å². The maximum Gasteiger partial charge on any atom is 0.302 e. The molecule has 1 aliphatic rings. The van der Waals surface area contributed by atoms with Crippen LogP contribution in [0.5, 0.6) is 11.5 Å². The number of hydrogen-bond acceptors (Lipinski definition) is 8. The molecule has 0 aliphatic carbocycles. The van der Waals surface area contributed by atoms with Gasteiger partial charge in [0.1, 0.15) is 36.7 Å². The van der Waals surface area contributed by atoms with Crippen LogP contribution in [0.1, 0.15) is 31.1 Å². The van der Waals surface area contributed by atoms with Crippen LogP contribution in [0.2, 0.25) is 0 Å². The first-order valence-corrected chi connectivity index (χ1v) is 8.17. The van der Waals surface area contributed by atoms with E-state index in [0.717, 1.165) is 0 Å². The van der Waals surface area contributed by atoms with Crippen molar-refractivity contribution in [3.8, 4) is 11.5 Å². The van der Waals surface area contributed by atoms with Crippen LogP contribution in [0, 0.1) is 5.41 Å². The predicted molar refractivity (Wildman–Crippen MR) is 89.1 cm³/mol. The molecule has 0 fully saturated rings. The number of ketones is 1. The number of fused-ring (bicyclic) bond motifs is 1. The minimum absolute atomic E-state index is 0.0890. The van der Waals surface area contributed by atoms with Crippen molar-refractivity contribution in [3.05, 3.63) is 23.8 Å². The van der Waals surface area contributed by atoms with E-state index in [9.17, 15) is 14.4 Å². The van der Waals surface area contributed by atoms with Crippen molar-refractivity contribution in [1.29, 1.82) is 0 Å². The zero-order valence-electron chi connectivity index (χ0n) is 15.0. The highest BCUT2D eigenvalue weighted by molar-refractivity contribution is 6.04. The molecule has 8 heteroatoms. The topological polar surface area (TPSA) is 97.4 Å². The van der Waals surface area contributed by atoms with E-state index in [1.807, 2.05) is 6.92 Å². The first-order chi connectivity index (χ1) is 12.4. The smallest absolute Gasteiger partial charge is 0.302 e. The summed E-state index contributed by atoms with van der Waals surface area (Å²) in [6, 6.07) is 4.77. The van der Waals surface area contributed by atoms with Gasteiger partial charge in [-0.3, -0.25) is 14.4 Å². The number of esters is 2. The number of Topliss-reactive ketones (excluding diaryl/α,β-unsaturated/α-hetero) is 1. The third-order valence-corrected chi connectivity index (χ3v) is 3.80. The molecule has 2 rings (SSSR count). The van der Waals surface area contributed by atoms with E-state index in [0.29, 0.717) is 23.7 Å². The zero-order chi connectivity index (χ0) is 19.2. The molecular weight excluding hydrogens is 344 g/mol. The Kier molecular flexibility index (Phi) is 6.57. The van der Waals surface area contributed by atoms with E-state index in [-0.39, 0.29) is 32.4 Å². The van der Waals surface area contributed by atoms with E-state index in [2.05, 4.69) is 0 Å². The van der Waals surface area contributed by atoms with Crippen molar-refractivity contribution in [2.24, 2.45) is 5.41 Å². The van der Waals surface area contributed by atoms with Crippen molar-refractivity contribution in [2.75, 3.05) is 33.2 Å². The Hall–Kier alpha value is -2.61. The van der Waals surface area contributed by atoms with Gasteiger partial charge in [-0.05, 0) is 19.1 Å². The fraction of sp³-hybridized carbons (Fsp3) is 0.500. The Labute approximate surface area is 151 Å². The van der Waals surface area contributed by atoms with E-state index >= 15 is 0 Å². The van der Waals surface area contributed by atoms with Gasteiger partial charge in [0, 0.05) is 26.5 Å². The Balaban J connectivity index is 2.22. The molecule has 142 valence electrons. The van der Waals surface area contributed by atoms with Crippen LogP contribution in [0.3, 0.4) is 0 Å². The molecule has 1 heterocycles. The van der Waals surface area contributed by atoms with Crippen molar-refractivity contribution in [2.45, 2.75) is 20.8 Å². The van der Waals surface area contributed by atoms with Gasteiger partial charge in [-0.1, -0.05) is 0 Å². The van der Waals surface area contributed by atoms with Crippen molar-refractivity contribution in [3.63, 3.8) is 0 Å². The summed E-state index contributed by atoms with van der Waals surface area (Å²) < 4.78 is 26.3. The molecule has 1 aliphatic heterocycles. The molecule has 0 bridgehead atoms. The summed E-state index contributed by atoms with van der Waals surface area (Å²) in [5.74, 6) is -0.545. The van der Waals surface area contributed by atoms with Gasteiger partial charge in [-0.25, -0.2) is 0 Å². The minimum Gasteiger partial charge on any atom is -0.491 e. The first-order valence-electron chi connectivity index (χ1n) is 8.17. The van der Waals surface area contributed by atoms with Gasteiger partial charge in [0.25, 0.3) is 0 Å². The highest BCUT2D eigenvalue weighted by atomic mass is 16.7. The van der Waals surface area contributed by atoms with Crippen LogP contribution in [-0.4, -0.2) is 50.9 Å². The fourth-order valence-corrected chi connectivity index (χ4v) is 2.40. The molecule has 1 aromatic rings. The molecule has 0 amide bonds. The molecule has 0 atom stereocenters. The van der Waals surface area contributed by atoms with Gasteiger partial charge < -0.3 is 23.7 Å². The maximum absolute atomic E-state index is 13.0. The molecule has 26 heavy (non-hydrogen) atoms. The van der Waals surface area contributed by atoms with Crippen LogP contribution in [0.4, 0.5) is 0 Å². The third kappa shape index (κ3) is 4.72. The summed E-state index contributed by atoms with van der Waals surface area (Å²) in [4.78, 5) is 35.4. The van der Waals surface area contributed by atoms with Gasteiger partial charge >= 0.3 is 11.9 Å². The Morgan fingerprint density at radius 1 is 1.15 bits per heavy atom. The van der Waals surface area contributed by atoms with Crippen LogP contribution in [-0.2, 0) is 23.8 Å². The highest BCUT2D eigenvalue weighted by Gasteiger charge is 2.46. The highest BCUT2D eigenvalue weighted by Crippen LogP contribution is 2.37. The van der Waals surface area contributed by atoms with Crippen molar-refractivity contribution < 1.29 is 38.1 Å². The van der Waals surface area contributed by atoms with Gasteiger partial charge in [-0.2, -0.15) is 0 Å². The third-order valence-electron chi connectivity index (χ3n) is 3.80. The molecule has 8 nitrogen and oxygen atoms in total. The minimum atomic E-state index is -1.28. The van der Waals surface area contributed by atoms with Crippen molar-refractivity contribution in [1.82, 2.24) is 0 Å². The van der Waals surface area contributed by atoms with Crippen LogP contribution >= 0.6 is 0 Å². The zero-order valence-corrected chi connectivity index (χ0v) is 15.0. The Morgan fingerprint density at radius 3 is 2.38 bits per heavy atom. The van der Waals surface area contributed by atoms with Crippen LogP contribution < -0.4 is 9.47 Å². The second-order valence-corrected chi connectivity index (χ2v) is 5.87. The van der Waals surface area contributed by atoms with Gasteiger partial charge in [0.15, 0.2) is 12.6 Å². The fourth-order valence-electron chi connectivity index (χ4n) is 2.40. The Morgan fingerprint density at radius 2 is 1.81 bits per heavy atom. The van der Waals surface area contributed by atoms with E-state index in [1.165, 1.54) is 13.8 Å². The second kappa shape index (κ2) is 8.66. The molecule has 0 saturated carbocycles. The molecule has 0 spiro atoms. The maximum atomic E-state index is 13.0.